The van der Waals surface area contributed by atoms with Crippen molar-refractivity contribution in [2.45, 2.75) is 37.5 Å². The molecule has 0 aromatic heterocycles. The van der Waals surface area contributed by atoms with Crippen LogP contribution in [0.5, 0.6) is 0 Å². The lowest BCUT2D eigenvalue weighted by atomic mass is 9.86. The highest BCUT2D eigenvalue weighted by Gasteiger charge is 2.21. The van der Waals surface area contributed by atoms with E-state index >= 15 is 0 Å². The zero-order valence-electron chi connectivity index (χ0n) is 11.1. The smallest absolute Gasteiger partial charge is 0.215 e. The van der Waals surface area contributed by atoms with E-state index in [-0.39, 0.29) is 11.8 Å². The number of nitrogens with one attached hydrogen (secondary N) is 1. The Balaban J connectivity index is 1.84. The van der Waals surface area contributed by atoms with E-state index in [1.807, 2.05) is 30.3 Å². The van der Waals surface area contributed by atoms with Gasteiger partial charge in [-0.05, 0) is 30.7 Å². The summed E-state index contributed by atoms with van der Waals surface area (Å²) in [6, 6.07) is 9.48. The highest BCUT2D eigenvalue weighted by atomic mass is 32.2. The van der Waals surface area contributed by atoms with E-state index in [1.165, 1.54) is 0 Å². The van der Waals surface area contributed by atoms with Crippen molar-refractivity contribution in [3.63, 3.8) is 0 Å². The standard InChI is InChI=1S/C14H22N2O2S/c15-14-8-4-7-13(9-14)10-16-19(17,18)11-12-5-2-1-3-6-12/h1-3,5-6,13-14,16H,4,7-11,15H2. The van der Waals surface area contributed by atoms with Crippen molar-refractivity contribution >= 4 is 10.0 Å². The van der Waals surface area contributed by atoms with E-state index in [4.69, 9.17) is 5.73 Å². The van der Waals surface area contributed by atoms with Gasteiger partial charge < -0.3 is 5.73 Å². The molecule has 1 aliphatic carbocycles. The molecule has 0 saturated heterocycles. The molecule has 1 aliphatic rings. The second kappa shape index (κ2) is 6.50. The summed E-state index contributed by atoms with van der Waals surface area (Å²) in [7, 11) is -3.24. The largest absolute Gasteiger partial charge is 0.328 e. The van der Waals surface area contributed by atoms with Crippen LogP contribution in [0.2, 0.25) is 0 Å². The van der Waals surface area contributed by atoms with Crippen molar-refractivity contribution in [1.29, 1.82) is 0 Å². The van der Waals surface area contributed by atoms with E-state index in [9.17, 15) is 8.42 Å². The summed E-state index contributed by atoms with van der Waals surface area (Å²) in [6.45, 7) is 0.517. The maximum absolute atomic E-state index is 12.0. The molecular formula is C14H22N2O2S. The molecule has 1 saturated carbocycles. The number of rotatable bonds is 5. The predicted molar refractivity (Wildman–Crippen MR) is 77.0 cm³/mol. The molecular weight excluding hydrogens is 260 g/mol. The third-order valence-electron chi connectivity index (χ3n) is 3.61. The van der Waals surface area contributed by atoms with Crippen LogP contribution in [0.25, 0.3) is 0 Å². The van der Waals surface area contributed by atoms with Gasteiger partial charge in [0.15, 0.2) is 0 Å². The lowest BCUT2D eigenvalue weighted by molar-refractivity contribution is 0.322. The van der Waals surface area contributed by atoms with Crippen LogP contribution < -0.4 is 10.5 Å². The Hall–Kier alpha value is -0.910. The number of hydrogen-bond donors (Lipinski definition) is 2. The second-order valence-electron chi connectivity index (χ2n) is 5.39. The number of nitrogens with two attached hydrogens (primary N) is 1. The Morgan fingerprint density at radius 3 is 2.63 bits per heavy atom. The van der Waals surface area contributed by atoms with Gasteiger partial charge in [0.25, 0.3) is 0 Å². The van der Waals surface area contributed by atoms with Crippen LogP contribution in [0.15, 0.2) is 30.3 Å². The van der Waals surface area contributed by atoms with Crippen molar-refractivity contribution in [2.24, 2.45) is 11.7 Å². The third kappa shape index (κ3) is 4.93. The topological polar surface area (TPSA) is 72.2 Å². The monoisotopic (exact) mass is 282 g/mol. The fraction of sp³-hybridized carbons (Fsp3) is 0.571. The van der Waals surface area contributed by atoms with E-state index in [0.29, 0.717) is 12.5 Å². The van der Waals surface area contributed by atoms with E-state index < -0.39 is 10.0 Å². The Morgan fingerprint density at radius 1 is 1.21 bits per heavy atom. The number of sulfonamides is 1. The molecule has 0 spiro atoms. The van der Waals surface area contributed by atoms with Crippen LogP contribution in [0.1, 0.15) is 31.2 Å². The van der Waals surface area contributed by atoms with Crippen molar-refractivity contribution in [2.75, 3.05) is 6.54 Å². The lowest BCUT2D eigenvalue weighted by Gasteiger charge is -2.26. The first kappa shape index (κ1) is 14.5. The molecule has 0 radical (unpaired) electrons. The summed E-state index contributed by atoms with van der Waals surface area (Å²) >= 11 is 0. The summed E-state index contributed by atoms with van der Waals surface area (Å²) in [5, 5.41) is 0. The molecule has 2 rings (SSSR count). The average Bonchev–Trinajstić information content (AvgIpc) is 2.37. The minimum absolute atomic E-state index is 0.0482. The molecule has 2 unspecified atom stereocenters. The predicted octanol–water partition coefficient (Wildman–Crippen LogP) is 1.62. The molecule has 1 aromatic carbocycles. The molecule has 0 bridgehead atoms. The Morgan fingerprint density at radius 2 is 1.95 bits per heavy atom. The fourth-order valence-electron chi connectivity index (χ4n) is 2.61. The summed E-state index contributed by atoms with van der Waals surface area (Å²) in [6.07, 6.45) is 4.16. The number of benzene rings is 1. The molecule has 3 N–H and O–H groups in total. The Kier molecular flexibility index (Phi) is 4.96. The van der Waals surface area contributed by atoms with Crippen LogP contribution in [0, 0.1) is 5.92 Å². The maximum Gasteiger partial charge on any atom is 0.215 e. The first-order valence-electron chi connectivity index (χ1n) is 6.82. The van der Waals surface area contributed by atoms with Crippen LogP contribution in [0.3, 0.4) is 0 Å². The minimum atomic E-state index is -3.24. The van der Waals surface area contributed by atoms with Crippen molar-refractivity contribution < 1.29 is 8.42 Å². The highest BCUT2D eigenvalue weighted by Crippen LogP contribution is 2.22. The zero-order valence-corrected chi connectivity index (χ0v) is 11.9. The van der Waals surface area contributed by atoms with E-state index in [1.54, 1.807) is 0 Å². The van der Waals surface area contributed by atoms with Gasteiger partial charge in [0, 0.05) is 12.6 Å². The Bertz CT molecular complexity index is 487. The summed E-state index contributed by atoms with van der Waals surface area (Å²) in [4.78, 5) is 0. The van der Waals surface area contributed by atoms with Gasteiger partial charge in [-0.2, -0.15) is 0 Å². The normalized spacial score (nSPS) is 24.3. The van der Waals surface area contributed by atoms with Gasteiger partial charge in [-0.15, -0.1) is 0 Å². The van der Waals surface area contributed by atoms with Gasteiger partial charge in [0.2, 0.25) is 10.0 Å². The van der Waals surface area contributed by atoms with Gasteiger partial charge in [-0.3, -0.25) is 0 Å². The van der Waals surface area contributed by atoms with Gasteiger partial charge in [0.05, 0.1) is 5.75 Å². The molecule has 0 amide bonds. The molecule has 4 nitrogen and oxygen atoms in total. The highest BCUT2D eigenvalue weighted by molar-refractivity contribution is 7.88. The van der Waals surface area contributed by atoms with Crippen LogP contribution in [-0.4, -0.2) is 21.0 Å². The SMILES string of the molecule is NC1CCCC(CNS(=O)(=O)Cc2ccccc2)C1. The molecule has 0 heterocycles. The second-order valence-corrected chi connectivity index (χ2v) is 7.19. The molecule has 1 fully saturated rings. The zero-order chi connectivity index (χ0) is 13.7. The number of hydrogen-bond acceptors (Lipinski definition) is 3. The van der Waals surface area contributed by atoms with Crippen LogP contribution >= 0.6 is 0 Å². The van der Waals surface area contributed by atoms with Crippen molar-refractivity contribution in [3.8, 4) is 0 Å². The molecule has 5 heteroatoms. The molecule has 2 atom stereocenters. The fourth-order valence-corrected chi connectivity index (χ4v) is 3.83. The lowest BCUT2D eigenvalue weighted by Crippen LogP contribution is -2.36. The summed E-state index contributed by atoms with van der Waals surface area (Å²) < 4.78 is 26.7. The van der Waals surface area contributed by atoms with Gasteiger partial charge in [-0.25, -0.2) is 13.1 Å². The van der Waals surface area contributed by atoms with Crippen LogP contribution in [-0.2, 0) is 15.8 Å². The quantitative estimate of drug-likeness (QED) is 0.862. The molecule has 0 aliphatic heterocycles. The molecule has 106 valence electrons. The summed E-state index contributed by atoms with van der Waals surface area (Å²) in [5.74, 6) is 0.432. The first-order chi connectivity index (χ1) is 9.05. The average molecular weight is 282 g/mol. The van der Waals surface area contributed by atoms with Gasteiger partial charge in [0.1, 0.15) is 0 Å². The van der Waals surface area contributed by atoms with E-state index in [2.05, 4.69) is 4.72 Å². The van der Waals surface area contributed by atoms with Crippen molar-refractivity contribution in [3.05, 3.63) is 35.9 Å². The third-order valence-corrected chi connectivity index (χ3v) is 4.93. The van der Waals surface area contributed by atoms with Crippen LogP contribution in [0.4, 0.5) is 0 Å². The first-order valence-corrected chi connectivity index (χ1v) is 8.47. The Labute approximate surface area is 115 Å². The molecule has 1 aromatic rings. The van der Waals surface area contributed by atoms with Gasteiger partial charge in [-0.1, -0.05) is 36.8 Å². The van der Waals surface area contributed by atoms with Gasteiger partial charge >= 0.3 is 0 Å². The minimum Gasteiger partial charge on any atom is -0.328 e. The molecule has 19 heavy (non-hydrogen) atoms. The summed E-state index contributed by atoms with van der Waals surface area (Å²) in [5.41, 5.74) is 6.73. The van der Waals surface area contributed by atoms with E-state index in [0.717, 1.165) is 31.2 Å². The maximum atomic E-state index is 12.0. The van der Waals surface area contributed by atoms with Crippen molar-refractivity contribution in [1.82, 2.24) is 4.72 Å².